The van der Waals surface area contributed by atoms with E-state index in [1.165, 1.54) is 24.3 Å². The Labute approximate surface area is 183 Å². The van der Waals surface area contributed by atoms with Crippen molar-refractivity contribution in [2.75, 3.05) is 10.5 Å². The van der Waals surface area contributed by atoms with Gasteiger partial charge in [-0.3, -0.25) is 4.72 Å². The highest BCUT2D eigenvalue weighted by molar-refractivity contribution is 7.93. The Morgan fingerprint density at radius 1 is 0.867 bits per heavy atom. The van der Waals surface area contributed by atoms with E-state index in [0.29, 0.717) is 11.3 Å². The number of nitrogens with one attached hydrogen (secondary N) is 1. The number of hydrogen-bond acceptors (Lipinski definition) is 5. The average molecular weight is 489 g/mol. The molecule has 158 valence electrons. The van der Waals surface area contributed by atoms with Crippen molar-refractivity contribution in [3.05, 3.63) is 82.1 Å². The lowest BCUT2D eigenvalue weighted by Gasteiger charge is -2.14. The van der Waals surface area contributed by atoms with Crippen LogP contribution >= 0.6 is 23.2 Å². The fourth-order valence-corrected chi connectivity index (χ4v) is 5.75. The molecule has 3 aromatic rings. The molecule has 11 heteroatoms. The fourth-order valence-electron chi connectivity index (χ4n) is 2.73. The quantitative estimate of drug-likeness (QED) is 0.497. The molecule has 0 aliphatic heterocycles. The van der Waals surface area contributed by atoms with Crippen LogP contribution in [0.5, 0.6) is 0 Å². The van der Waals surface area contributed by atoms with Crippen molar-refractivity contribution in [1.82, 2.24) is 0 Å². The van der Waals surface area contributed by atoms with Crippen molar-refractivity contribution >= 4 is 54.4 Å². The highest BCUT2D eigenvalue weighted by Crippen LogP contribution is 2.31. The zero-order valence-electron chi connectivity index (χ0n) is 15.1. The molecule has 0 unspecified atom stereocenters. The summed E-state index contributed by atoms with van der Waals surface area (Å²) < 4.78 is 67.5. The lowest BCUT2D eigenvalue weighted by Crippen LogP contribution is -2.17. The molecule has 0 aliphatic rings. The number of nitrogen functional groups attached to an aromatic ring is 1. The first kappa shape index (κ1) is 22.4. The molecule has 3 aromatic carbocycles. The van der Waals surface area contributed by atoms with Gasteiger partial charge in [-0.1, -0.05) is 35.3 Å². The van der Waals surface area contributed by atoms with Crippen LogP contribution in [0, 0.1) is 5.82 Å². The number of nitrogens with two attached hydrogens (primary N) is 1. The Balaban J connectivity index is 2.03. The van der Waals surface area contributed by atoms with Crippen LogP contribution < -0.4 is 10.5 Å². The molecule has 0 heterocycles. The molecule has 0 radical (unpaired) electrons. The molecule has 0 atom stereocenters. The molecule has 0 aromatic heterocycles. The maximum Gasteiger partial charge on any atom is 0.264 e. The fraction of sp³-hybridized carbons (Fsp3) is 0.0526. The van der Waals surface area contributed by atoms with E-state index < -0.39 is 36.3 Å². The molecule has 30 heavy (non-hydrogen) atoms. The molecule has 0 fully saturated rings. The summed E-state index contributed by atoms with van der Waals surface area (Å²) in [6.45, 7) is 0. The second kappa shape index (κ2) is 8.43. The third-order valence-corrected chi connectivity index (χ3v) is 7.62. The Hall–Kier alpha value is -2.33. The average Bonchev–Trinajstić information content (AvgIpc) is 2.60. The third kappa shape index (κ3) is 5.04. The molecule has 3 N–H and O–H groups in total. The van der Waals surface area contributed by atoms with Crippen molar-refractivity contribution in [3.63, 3.8) is 0 Å². The molecule has 0 saturated heterocycles. The number of sulfone groups is 1. The topological polar surface area (TPSA) is 106 Å². The van der Waals surface area contributed by atoms with Gasteiger partial charge in [0.05, 0.1) is 16.3 Å². The summed E-state index contributed by atoms with van der Waals surface area (Å²) in [5.74, 6) is -1.51. The summed E-state index contributed by atoms with van der Waals surface area (Å²) in [6, 6.07) is 12.9. The Morgan fingerprint density at radius 3 is 2.13 bits per heavy atom. The zero-order chi connectivity index (χ0) is 22.1. The number of anilines is 2. The molecule has 0 spiro atoms. The van der Waals surface area contributed by atoms with Crippen LogP contribution in [0.25, 0.3) is 0 Å². The maximum absolute atomic E-state index is 14.1. The first-order valence-electron chi connectivity index (χ1n) is 8.32. The summed E-state index contributed by atoms with van der Waals surface area (Å²) >= 11 is 11.6. The Bertz CT molecular complexity index is 1330. The highest BCUT2D eigenvalue weighted by Gasteiger charge is 2.25. The Kier molecular flexibility index (Phi) is 6.28. The standard InChI is InChI=1S/C19H15Cl2FN2O4S2/c20-13-4-6-18(16(22)9-13)30(27,28)24-17-10-14(21)5-7-19(17)29(25,26)11-12-2-1-3-15(23)8-12/h1-10,24H,11,23H2. The van der Waals surface area contributed by atoms with Gasteiger partial charge in [0.25, 0.3) is 10.0 Å². The highest BCUT2D eigenvalue weighted by atomic mass is 35.5. The van der Waals surface area contributed by atoms with Gasteiger partial charge in [0.1, 0.15) is 10.7 Å². The summed E-state index contributed by atoms with van der Waals surface area (Å²) in [5, 5.41) is 0.104. The van der Waals surface area contributed by atoms with E-state index in [1.807, 2.05) is 0 Å². The number of hydrogen-bond donors (Lipinski definition) is 2. The first-order valence-corrected chi connectivity index (χ1v) is 12.2. The second-order valence-electron chi connectivity index (χ2n) is 6.32. The molecule has 0 saturated carbocycles. The number of benzene rings is 3. The van der Waals surface area contributed by atoms with Gasteiger partial charge >= 0.3 is 0 Å². The van der Waals surface area contributed by atoms with Gasteiger partial charge in [0.15, 0.2) is 9.84 Å². The maximum atomic E-state index is 14.1. The normalized spacial score (nSPS) is 12.0. The van der Waals surface area contributed by atoms with Gasteiger partial charge in [-0.2, -0.15) is 0 Å². The van der Waals surface area contributed by atoms with E-state index in [9.17, 15) is 21.2 Å². The lowest BCUT2D eigenvalue weighted by atomic mass is 10.2. The molecule has 3 rings (SSSR count). The number of rotatable bonds is 6. The van der Waals surface area contributed by atoms with Crippen LogP contribution in [-0.2, 0) is 25.6 Å². The van der Waals surface area contributed by atoms with Crippen LogP contribution in [0.4, 0.5) is 15.8 Å². The van der Waals surface area contributed by atoms with Gasteiger partial charge in [-0.05, 0) is 54.1 Å². The zero-order valence-corrected chi connectivity index (χ0v) is 18.3. The third-order valence-electron chi connectivity index (χ3n) is 4.01. The van der Waals surface area contributed by atoms with E-state index in [1.54, 1.807) is 18.2 Å². The first-order chi connectivity index (χ1) is 14.0. The predicted octanol–water partition coefficient (Wildman–Crippen LogP) is 4.49. The Morgan fingerprint density at radius 2 is 1.50 bits per heavy atom. The van der Waals surface area contributed by atoms with Crippen molar-refractivity contribution in [1.29, 1.82) is 0 Å². The van der Waals surface area contributed by atoms with Crippen LogP contribution in [0.1, 0.15) is 5.56 Å². The van der Waals surface area contributed by atoms with Crippen molar-refractivity contribution in [3.8, 4) is 0 Å². The van der Waals surface area contributed by atoms with Crippen molar-refractivity contribution < 1.29 is 21.2 Å². The van der Waals surface area contributed by atoms with E-state index in [2.05, 4.69) is 4.72 Å². The summed E-state index contributed by atoms with van der Waals surface area (Å²) in [7, 11) is -8.47. The lowest BCUT2D eigenvalue weighted by molar-refractivity contribution is 0.570. The molecule has 6 nitrogen and oxygen atoms in total. The van der Waals surface area contributed by atoms with E-state index >= 15 is 0 Å². The molecular weight excluding hydrogens is 474 g/mol. The van der Waals surface area contributed by atoms with Crippen LogP contribution in [0.15, 0.2) is 70.5 Å². The second-order valence-corrected chi connectivity index (χ2v) is 10.8. The van der Waals surface area contributed by atoms with Gasteiger partial charge in [-0.25, -0.2) is 21.2 Å². The minimum absolute atomic E-state index is 0.0135. The molecule has 0 aliphatic carbocycles. The van der Waals surface area contributed by atoms with Crippen LogP contribution in [0.3, 0.4) is 0 Å². The predicted molar refractivity (Wildman–Crippen MR) is 115 cm³/mol. The monoisotopic (exact) mass is 488 g/mol. The number of halogens is 3. The largest absolute Gasteiger partial charge is 0.399 e. The number of sulfonamides is 1. The summed E-state index contributed by atoms with van der Waals surface area (Å²) in [5.41, 5.74) is 6.19. The van der Waals surface area contributed by atoms with Gasteiger partial charge < -0.3 is 5.73 Å². The van der Waals surface area contributed by atoms with Crippen molar-refractivity contribution in [2.24, 2.45) is 0 Å². The molecule has 0 amide bonds. The van der Waals surface area contributed by atoms with Crippen LogP contribution in [0.2, 0.25) is 10.0 Å². The molecule has 0 bridgehead atoms. The van der Waals surface area contributed by atoms with E-state index in [-0.39, 0.29) is 20.6 Å². The SMILES string of the molecule is Nc1cccc(CS(=O)(=O)c2ccc(Cl)cc2NS(=O)(=O)c2ccc(Cl)cc2F)c1. The van der Waals surface area contributed by atoms with Gasteiger partial charge in [-0.15, -0.1) is 0 Å². The van der Waals surface area contributed by atoms with Gasteiger partial charge in [0, 0.05) is 15.7 Å². The summed E-state index contributed by atoms with van der Waals surface area (Å²) in [4.78, 5) is -1.00. The van der Waals surface area contributed by atoms with E-state index in [0.717, 1.165) is 18.2 Å². The van der Waals surface area contributed by atoms with Crippen molar-refractivity contribution in [2.45, 2.75) is 15.5 Å². The van der Waals surface area contributed by atoms with E-state index in [4.69, 9.17) is 28.9 Å². The smallest absolute Gasteiger partial charge is 0.264 e. The summed E-state index contributed by atoms with van der Waals surface area (Å²) in [6.07, 6.45) is 0. The van der Waals surface area contributed by atoms with Crippen LogP contribution in [-0.4, -0.2) is 16.8 Å². The minimum Gasteiger partial charge on any atom is -0.399 e. The minimum atomic E-state index is -4.47. The van der Waals surface area contributed by atoms with Gasteiger partial charge in [0.2, 0.25) is 0 Å². The molecular formula is C19H15Cl2FN2O4S2.